The summed E-state index contributed by atoms with van der Waals surface area (Å²) in [5.74, 6) is -0.439. The maximum atomic E-state index is 12.8. The van der Waals surface area contributed by atoms with Crippen LogP contribution in [0.1, 0.15) is 26.3 Å². The fourth-order valence-corrected chi connectivity index (χ4v) is 3.27. The van der Waals surface area contributed by atoms with E-state index in [-0.39, 0.29) is 11.3 Å². The molecule has 0 saturated carbocycles. The summed E-state index contributed by atoms with van der Waals surface area (Å²) < 4.78 is 44.3. The molecular formula is C22H16BrF3N2O3. The Bertz CT molecular complexity index is 1130. The first-order valence-electron chi connectivity index (χ1n) is 8.91. The van der Waals surface area contributed by atoms with E-state index in [0.717, 1.165) is 12.1 Å². The summed E-state index contributed by atoms with van der Waals surface area (Å²) in [6.45, 7) is 0. The predicted molar refractivity (Wildman–Crippen MR) is 114 cm³/mol. The lowest BCUT2D eigenvalue weighted by atomic mass is 10.1. The van der Waals surface area contributed by atoms with Crippen LogP contribution in [0.2, 0.25) is 0 Å². The Labute approximate surface area is 184 Å². The zero-order valence-electron chi connectivity index (χ0n) is 16.1. The molecule has 5 nitrogen and oxygen atoms in total. The van der Waals surface area contributed by atoms with E-state index in [1.54, 1.807) is 30.3 Å². The van der Waals surface area contributed by atoms with Crippen LogP contribution in [0.5, 0.6) is 5.75 Å². The van der Waals surface area contributed by atoms with E-state index in [1.807, 2.05) is 0 Å². The van der Waals surface area contributed by atoms with Gasteiger partial charge in [-0.3, -0.25) is 9.59 Å². The van der Waals surface area contributed by atoms with Gasteiger partial charge in [-0.2, -0.15) is 13.2 Å². The fraction of sp³-hybridized carbons (Fsp3) is 0.0909. The van der Waals surface area contributed by atoms with Crippen LogP contribution in [0.15, 0.2) is 71.2 Å². The number of nitrogens with one attached hydrogen (secondary N) is 2. The van der Waals surface area contributed by atoms with E-state index in [1.165, 1.54) is 31.4 Å². The monoisotopic (exact) mass is 492 g/mol. The topological polar surface area (TPSA) is 67.4 Å². The highest BCUT2D eigenvalue weighted by atomic mass is 79.9. The maximum absolute atomic E-state index is 12.8. The van der Waals surface area contributed by atoms with Crippen molar-refractivity contribution < 1.29 is 27.5 Å². The Balaban J connectivity index is 1.73. The molecule has 3 rings (SSSR count). The molecule has 2 N–H and O–H groups in total. The third kappa shape index (κ3) is 5.64. The van der Waals surface area contributed by atoms with E-state index in [2.05, 4.69) is 26.6 Å². The SMILES string of the molecule is COc1ccc(C(=O)Nc2cccc(C(=O)Nc3cccc(C(F)(F)F)c3)c2)cc1Br. The molecule has 3 aromatic carbocycles. The van der Waals surface area contributed by atoms with Crippen LogP contribution >= 0.6 is 15.9 Å². The Morgan fingerprint density at radius 1 is 0.839 bits per heavy atom. The number of benzene rings is 3. The summed E-state index contributed by atoms with van der Waals surface area (Å²) in [5.41, 5.74) is 0.0422. The second-order valence-corrected chi connectivity index (χ2v) is 7.27. The number of halogens is 4. The largest absolute Gasteiger partial charge is 0.496 e. The summed E-state index contributed by atoms with van der Waals surface area (Å²) in [4.78, 5) is 25.0. The zero-order valence-corrected chi connectivity index (χ0v) is 17.7. The number of rotatable bonds is 5. The number of amides is 2. The minimum absolute atomic E-state index is 0.0114. The zero-order chi connectivity index (χ0) is 22.6. The van der Waals surface area contributed by atoms with Gasteiger partial charge >= 0.3 is 6.18 Å². The van der Waals surface area contributed by atoms with Crippen LogP contribution in [0.4, 0.5) is 24.5 Å². The van der Waals surface area contributed by atoms with Gasteiger partial charge in [0.1, 0.15) is 5.75 Å². The summed E-state index contributed by atoms with van der Waals surface area (Å²) in [6.07, 6.45) is -4.51. The smallest absolute Gasteiger partial charge is 0.416 e. The van der Waals surface area contributed by atoms with Crippen molar-refractivity contribution >= 4 is 39.1 Å². The molecule has 2 amide bonds. The van der Waals surface area contributed by atoms with Gasteiger partial charge in [0, 0.05) is 22.5 Å². The average molecular weight is 493 g/mol. The van der Waals surface area contributed by atoms with Crippen LogP contribution in [-0.2, 0) is 6.18 Å². The van der Waals surface area contributed by atoms with E-state index >= 15 is 0 Å². The highest BCUT2D eigenvalue weighted by Gasteiger charge is 2.30. The standard InChI is InChI=1S/C22H16BrF3N2O3/c1-31-19-9-8-14(11-18(19)23)21(30)27-16-6-2-4-13(10-16)20(29)28-17-7-3-5-15(12-17)22(24,25)26/h2-12H,1H3,(H,27,30)(H,28,29). The van der Waals surface area contributed by atoms with Crippen molar-refractivity contribution in [3.63, 3.8) is 0 Å². The second kappa shape index (κ2) is 9.22. The van der Waals surface area contributed by atoms with Crippen molar-refractivity contribution in [1.82, 2.24) is 0 Å². The minimum atomic E-state index is -4.51. The summed E-state index contributed by atoms with van der Waals surface area (Å²) >= 11 is 3.31. The van der Waals surface area contributed by atoms with Gasteiger partial charge in [-0.25, -0.2) is 0 Å². The van der Waals surface area contributed by atoms with Crippen molar-refractivity contribution in [2.24, 2.45) is 0 Å². The number of alkyl halides is 3. The third-order valence-electron chi connectivity index (χ3n) is 4.24. The van der Waals surface area contributed by atoms with Crippen molar-refractivity contribution in [2.75, 3.05) is 17.7 Å². The molecule has 0 aliphatic carbocycles. The van der Waals surface area contributed by atoms with E-state index < -0.39 is 23.6 Å². The Hall–Kier alpha value is -3.33. The number of hydrogen-bond acceptors (Lipinski definition) is 3. The van der Waals surface area contributed by atoms with Gasteiger partial charge in [0.15, 0.2) is 0 Å². The normalized spacial score (nSPS) is 11.0. The number of methoxy groups -OCH3 is 1. The van der Waals surface area contributed by atoms with Gasteiger partial charge in [0.2, 0.25) is 0 Å². The average Bonchev–Trinajstić information content (AvgIpc) is 2.73. The maximum Gasteiger partial charge on any atom is 0.416 e. The lowest BCUT2D eigenvalue weighted by Crippen LogP contribution is -2.15. The molecule has 0 aliphatic heterocycles. The first-order valence-corrected chi connectivity index (χ1v) is 9.70. The summed E-state index contributed by atoms with van der Waals surface area (Å²) in [6, 6.07) is 15.2. The van der Waals surface area contributed by atoms with Gasteiger partial charge in [0.25, 0.3) is 11.8 Å². The molecule has 3 aromatic rings. The van der Waals surface area contributed by atoms with Crippen LogP contribution in [-0.4, -0.2) is 18.9 Å². The van der Waals surface area contributed by atoms with Gasteiger partial charge in [0.05, 0.1) is 17.1 Å². The molecule has 0 bridgehead atoms. The van der Waals surface area contributed by atoms with E-state index in [9.17, 15) is 22.8 Å². The quantitative estimate of drug-likeness (QED) is 0.460. The molecule has 160 valence electrons. The van der Waals surface area contributed by atoms with Crippen molar-refractivity contribution in [1.29, 1.82) is 0 Å². The Kier molecular flexibility index (Phi) is 6.65. The first-order chi connectivity index (χ1) is 14.7. The van der Waals surface area contributed by atoms with Gasteiger partial charge in [-0.1, -0.05) is 12.1 Å². The van der Waals surface area contributed by atoms with Gasteiger partial charge in [-0.15, -0.1) is 0 Å². The molecule has 0 saturated heterocycles. The number of hydrogen-bond donors (Lipinski definition) is 2. The van der Waals surface area contributed by atoms with E-state index in [4.69, 9.17) is 4.74 Å². The lowest BCUT2D eigenvalue weighted by molar-refractivity contribution is -0.137. The molecule has 0 atom stereocenters. The first kappa shape index (κ1) is 22.4. The fourth-order valence-electron chi connectivity index (χ4n) is 2.73. The van der Waals surface area contributed by atoms with Crippen LogP contribution < -0.4 is 15.4 Å². The van der Waals surface area contributed by atoms with Gasteiger partial charge < -0.3 is 15.4 Å². The summed E-state index contributed by atoms with van der Waals surface area (Å²) in [7, 11) is 1.51. The number of carbonyl (C=O) groups is 2. The molecule has 0 fully saturated rings. The molecular weight excluding hydrogens is 477 g/mol. The highest BCUT2D eigenvalue weighted by molar-refractivity contribution is 9.10. The predicted octanol–water partition coefficient (Wildman–Crippen LogP) is 5.98. The number of ether oxygens (including phenoxy) is 1. The Morgan fingerprint density at radius 2 is 1.42 bits per heavy atom. The van der Waals surface area contributed by atoms with Crippen molar-refractivity contribution in [3.8, 4) is 5.75 Å². The molecule has 9 heteroatoms. The second-order valence-electron chi connectivity index (χ2n) is 6.42. The molecule has 0 unspecified atom stereocenters. The van der Waals surface area contributed by atoms with Crippen LogP contribution in [0.3, 0.4) is 0 Å². The number of carbonyl (C=O) groups excluding carboxylic acids is 2. The minimum Gasteiger partial charge on any atom is -0.496 e. The molecule has 31 heavy (non-hydrogen) atoms. The third-order valence-corrected chi connectivity index (χ3v) is 4.86. The molecule has 0 spiro atoms. The molecule has 0 aliphatic rings. The Morgan fingerprint density at radius 3 is 2.00 bits per heavy atom. The van der Waals surface area contributed by atoms with Crippen LogP contribution in [0, 0.1) is 0 Å². The highest BCUT2D eigenvalue weighted by Crippen LogP contribution is 2.31. The number of anilines is 2. The summed E-state index contributed by atoms with van der Waals surface area (Å²) in [5, 5.41) is 5.11. The van der Waals surface area contributed by atoms with Gasteiger partial charge in [-0.05, 0) is 70.5 Å². The van der Waals surface area contributed by atoms with E-state index in [0.29, 0.717) is 21.5 Å². The molecule has 0 heterocycles. The van der Waals surface area contributed by atoms with Crippen molar-refractivity contribution in [3.05, 3.63) is 87.9 Å². The lowest BCUT2D eigenvalue weighted by Gasteiger charge is -2.11. The van der Waals surface area contributed by atoms with Crippen LogP contribution in [0.25, 0.3) is 0 Å². The molecule has 0 aromatic heterocycles. The van der Waals surface area contributed by atoms with Crippen molar-refractivity contribution in [2.45, 2.75) is 6.18 Å². The molecule has 0 radical (unpaired) electrons.